The van der Waals surface area contributed by atoms with E-state index >= 15 is 0 Å². The number of aliphatic hydroxyl groups is 1. The number of likely N-dealkylation sites (tertiary alicyclic amines) is 1. The van der Waals surface area contributed by atoms with Crippen molar-refractivity contribution in [1.82, 2.24) is 4.90 Å². The van der Waals surface area contributed by atoms with Crippen LogP contribution in [0.25, 0.3) is 0 Å². The van der Waals surface area contributed by atoms with Gasteiger partial charge in [-0.1, -0.05) is 56.4 Å². The van der Waals surface area contributed by atoms with Gasteiger partial charge >= 0.3 is 0 Å². The summed E-state index contributed by atoms with van der Waals surface area (Å²) in [6.07, 6.45) is 6.47. The van der Waals surface area contributed by atoms with E-state index in [0.717, 1.165) is 25.7 Å². The molecule has 4 heteroatoms. The van der Waals surface area contributed by atoms with Gasteiger partial charge in [-0.15, -0.1) is 0 Å². The maximum Gasteiger partial charge on any atom is 0.0628 e. The van der Waals surface area contributed by atoms with Crippen molar-refractivity contribution in [2.45, 2.75) is 69.9 Å². The molecule has 0 radical (unpaired) electrons. The minimum Gasteiger partial charge on any atom is -0.394 e. The molecule has 2 fully saturated rings. The molecule has 3 rings (SSSR count). The van der Waals surface area contributed by atoms with E-state index in [0.29, 0.717) is 12.0 Å². The van der Waals surface area contributed by atoms with Crippen molar-refractivity contribution in [3.63, 3.8) is 0 Å². The fraction of sp³-hybridized carbons (Fsp3) is 0.739. The Hall–Kier alpha value is -0.683. The molecule has 152 valence electrons. The maximum absolute atomic E-state index is 10.2. The lowest BCUT2D eigenvalue weighted by Gasteiger charge is -2.50. The zero-order valence-corrected chi connectivity index (χ0v) is 18.6. The third kappa shape index (κ3) is 5.66. The third-order valence-electron chi connectivity index (χ3n) is 6.64. The highest BCUT2D eigenvalue weighted by molar-refractivity contribution is 6.76. The first kappa shape index (κ1) is 21.0. The maximum atomic E-state index is 10.2. The Morgan fingerprint density at radius 1 is 1.11 bits per heavy atom. The van der Waals surface area contributed by atoms with Gasteiger partial charge in [0.05, 0.1) is 12.6 Å². The van der Waals surface area contributed by atoms with E-state index in [1.807, 2.05) is 0 Å². The quantitative estimate of drug-likeness (QED) is 0.504. The summed E-state index contributed by atoms with van der Waals surface area (Å²) in [5.74, 6) is 1.43. The normalized spacial score (nSPS) is 27.9. The van der Waals surface area contributed by atoms with Gasteiger partial charge in [0.2, 0.25) is 0 Å². The fourth-order valence-corrected chi connectivity index (χ4v) is 5.89. The highest BCUT2D eigenvalue weighted by Gasteiger charge is 2.41. The molecule has 1 saturated carbocycles. The zero-order valence-electron chi connectivity index (χ0n) is 17.6. The SMILES string of the molecule is C[Si](C)(C)CCOC[C@@H]1CCC[C@@H]2[C@H]1CCCN2[C@@H](CO)c1ccccc1. The van der Waals surface area contributed by atoms with Crippen LogP contribution in [0.1, 0.15) is 43.7 Å². The second kappa shape index (κ2) is 9.68. The Kier molecular flexibility index (Phi) is 7.55. The molecular formula is C23H39NO2Si. The third-order valence-corrected chi connectivity index (χ3v) is 8.34. The molecule has 1 aliphatic heterocycles. The van der Waals surface area contributed by atoms with E-state index in [1.165, 1.54) is 43.7 Å². The number of hydrogen-bond acceptors (Lipinski definition) is 3. The molecule has 3 nitrogen and oxygen atoms in total. The van der Waals surface area contributed by atoms with Gasteiger partial charge in [0.1, 0.15) is 0 Å². The molecule has 1 aromatic carbocycles. The number of piperidine rings is 1. The lowest BCUT2D eigenvalue weighted by molar-refractivity contribution is -0.0397. The average Bonchev–Trinajstić information content (AvgIpc) is 2.66. The molecule has 0 unspecified atom stereocenters. The summed E-state index contributed by atoms with van der Waals surface area (Å²) in [7, 11) is -1.01. The van der Waals surface area contributed by atoms with Crippen molar-refractivity contribution in [2.24, 2.45) is 11.8 Å². The standard InChI is InChI=1S/C23H39NO2Si/c1-27(2,3)16-15-26-18-20-11-7-13-22-21(20)12-8-14-24(22)23(17-25)19-9-5-4-6-10-19/h4-6,9-10,20-23,25H,7-8,11-18H2,1-3H3/t20-,21-,22+,23-/m0/s1. The second-order valence-corrected chi connectivity index (χ2v) is 15.4. The highest BCUT2D eigenvalue weighted by atomic mass is 28.3. The number of benzene rings is 1. The van der Waals surface area contributed by atoms with Crippen LogP contribution < -0.4 is 0 Å². The molecule has 4 atom stereocenters. The molecule has 0 aromatic heterocycles. The first-order chi connectivity index (χ1) is 13.0. The number of aliphatic hydroxyl groups excluding tert-OH is 1. The molecule has 1 N–H and O–H groups in total. The first-order valence-corrected chi connectivity index (χ1v) is 14.7. The molecular weight excluding hydrogens is 350 g/mol. The van der Waals surface area contributed by atoms with Crippen LogP contribution in [0, 0.1) is 11.8 Å². The summed E-state index contributed by atoms with van der Waals surface area (Å²) in [5, 5.41) is 10.2. The van der Waals surface area contributed by atoms with Crippen LogP contribution in [0.15, 0.2) is 30.3 Å². The molecule has 1 aromatic rings. The van der Waals surface area contributed by atoms with E-state index in [1.54, 1.807) is 0 Å². The van der Waals surface area contributed by atoms with Crippen LogP contribution in [-0.4, -0.2) is 50.5 Å². The Morgan fingerprint density at radius 2 is 1.89 bits per heavy atom. The minimum atomic E-state index is -1.01. The topological polar surface area (TPSA) is 32.7 Å². The Labute approximate surface area is 167 Å². The lowest BCUT2D eigenvalue weighted by Crippen LogP contribution is -2.52. The van der Waals surface area contributed by atoms with Crippen molar-refractivity contribution in [3.8, 4) is 0 Å². The van der Waals surface area contributed by atoms with E-state index in [2.05, 4.69) is 54.9 Å². The van der Waals surface area contributed by atoms with Crippen LogP contribution in [0.4, 0.5) is 0 Å². The largest absolute Gasteiger partial charge is 0.394 e. The number of nitrogens with zero attached hydrogens (tertiary/aromatic N) is 1. The van der Waals surface area contributed by atoms with Crippen molar-refractivity contribution in [2.75, 3.05) is 26.4 Å². The second-order valence-electron chi connectivity index (χ2n) is 9.80. The number of rotatable bonds is 8. The predicted octanol–water partition coefficient (Wildman–Crippen LogP) is 4.96. The molecule has 0 spiro atoms. The minimum absolute atomic E-state index is 0.144. The molecule has 1 saturated heterocycles. The smallest absolute Gasteiger partial charge is 0.0628 e. The van der Waals surface area contributed by atoms with Crippen molar-refractivity contribution >= 4 is 8.07 Å². The molecule has 1 heterocycles. The van der Waals surface area contributed by atoms with E-state index in [9.17, 15) is 5.11 Å². The van der Waals surface area contributed by atoms with Gasteiger partial charge in [-0.2, -0.15) is 0 Å². The average molecular weight is 390 g/mol. The molecule has 27 heavy (non-hydrogen) atoms. The van der Waals surface area contributed by atoms with Crippen LogP contribution in [-0.2, 0) is 4.74 Å². The van der Waals surface area contributed by atoms with Gasteiger partial charge in [0.15, 0.2) is 0 Å². The predicted molar refractivity (Wildman–Crippen MR) is 116 cm³/mol. The van der Waals surface area contributed by atoms with Crippen LogP contribution >= 0.6 is 0 Å². The van der Waals surface area contributed by atoms with Gasteiger partial charge in [0, 0.05) is 27.3 Å². The lowest BCUT2D eigenvalue weighted by atomic mass is 9.71. The van der Waals surface area contributed by atoms with E-state index < -0.39 is 8.07 Å². The Balaban J connectivity index is 1.63. The summed E-state index contributed by atoms with van der Waals surface area (Å²) in [6.45, 7) is 10.5. The summed E-state index contributed by atoms with van der Waals surface area (Å²) in [6, 6.07) is 12.6. The first-order valence-electron chi connectivity index (χ1n) is 11.0. The number of fused-ring (bicyclic) bond motifs is 1. The van der Waals surface area contributed by atoms with Gasteiger partial charge in [-0.25, -0.2) is 0 Å². The molecule has 0 bridgehead atoms. The van der Waals surface area contributed by atoms with Crippen LogP contribution in [0.2, 0.25) is 25.7 Å². The molecule has 2 aliphatic rings. The van der Waals surface area contributed by atoms with Crippen molar-refractivity contribution < 1.29 is 9.84 Å². The summed E-state index contributed by atoms with van der Waals surface area (Å²) in [5.41, 5.74) is 1.26. The highest BCUT2D eigenvalue weighted by Crippen LogP contribution is 2.42. The van der Waals surface area contributed by atoms with Gasteiger partial charge in [-0.05, 0) is 55.7 Å². The van der Waals surface area contributed by atoms with Gasteiger partial charge < -0.3 is 9.84 Å². The molecule has 1 aliphatic carbocycles. The van der Waals surface area contributed by atoms with Crippen LogP contribution in [0.5, 0.6) is 0 Å². The molecule has 0 amide bonds. The van der Waals surface area contributed by atoms with Gasteiger partial charge in [-0.3, -0.25) is 4.90 Å². The van der Waals surface area contributed by atoms with Crippen molar-refractivity contribution in [3.05, 3.63) is 35.9 Å². The van der Waals surface area contributed by atoms with Crippen LogP contribution in [0.3, 0.4) is 0 Å². The summed E-state index contributed by atoms with van der Waals surface area (Å²) in [4.78, 5) is 2.62. The zero-order chi connectivity index (χ0) is 19.3. The van der Waals surface area contributed by atoms with E-state index in [4.69, 9.17) is 4.74 Å². The monoisotopic (exact) mass is 389 g/mol. The summed E-state index contributed by atoms with van der Waals surface area (Å²) < 4.78 is 6.17. The number of ether oxygens (including phenoxy) is 1. The Morgan fingerprint density at radius 3 is 2.59 bits per heavy atom. The Bertz CT molecular complexity index is 559. The summed E-state index contributed by atoms with van der Waals surface area (Å²) >= 11 is 0. The fourth-order valence-electron chi connectivity index (χ4n) is 5.13. The van der Waals surface area contributed by atoms with Crippen molar-refractivity contribution in [1.29, 1.82) is 0 Å². The van der Waals surface area contributed by atoms with E-state index in [-0.39, 0.29) is 12.6 Å². The van der Waals surface area contributed by atoms with Gasteiger partial charge in [0.25, 0.3) is 0 Å². The number of hydrogen-bond donors (Lipinski definition) is 1.